The number of benzene rings is 2. The number of aliphatic carboxylic acids is 1. The lowest BCUT2D eigenvalue weighted by atomic mass is 10.2. The zero-order valence-corrected chi connectivity index (χ0v) is 14.6. The van der Waals surface area contributed by atoms with Crippen LogP contribution in [0.1, 0.15) is 6.92 Å². The van der Waals surface area contributed by atoms with E-state index in [1.54, 1.807) is 25.1 Å². The van der Waals surface area contributed by atoms with Crippen LogP contribution in [0, 0.1) is 0 Å². The van der Waals surface area contributed by atoms with Gasteiger partial charge < -0.3 is 15.7 Å². The number of rotatable bonds is 5. The van der Waals surface area contributed by atoms with Gasteiger partial charge in [-0.25, -0.2) is 4.98 Å². The third kappa shape index (κ3) is 4.10. The molecule has 1 heterocycles. The number of carboxylic acid groups (broad SMARTS) is 1. The normalized spacial score (nSPS) is 12.0. The Morgan fingerprint density at radius 3 is 2.48 bits per heavy atom. The molecule has 1 unspecified atom stereocenters. The van der Waals surface area contributed by atoms with E-state index in [0.29, 0.717) is 33.0 Å². The topological polar surface area (TPSA) is 87.1 Å². The van der Waals surface area contributed by atoms with E-state index in [-0.39, 0.29) is 0 Å². The van der Waals surface area contributed by atoms with E-state index in [0.717, 1.165) is 5.39 Å². The molecule has 1 aromatic heterocycles. The second kappa shape index (κ2) is 7.13. The summed E-state index contributed by atoms with van der Waals surface area (Å²) in [6.45, 7) is 1.54. The van der Waals surface area contributed by atoms with Crippen LogP contribution in [0.15, 0.2) is 42.5 Å². The lowest BCUT2D eigenvalue weighted by Crippen LogP contribution is -2.26. The van der Waals surface area contributed by atoms with Gasteiger partial charge in [-0.1, -0.05) is 35.3 Å². The van der Waals surface area contributed by atoms with Crippen molar-refractivity contribution in [2.75, 3.05) is 10.6 Å². The van der Waals surface area contributed by atoms with Crippen LogP contribution in [0.2, 0.25) is 10.0 Å². The molecule has 3 N–H and O–H groups in total. The van der Waals surface area contributed by atoms with Crippen molar-refractivity contribution >= 4 is 57.5 Å². The summed E-state index contributed by atoms with van der Waals surface area (Å²) in [7, 11) is 0. The van der Waals surface area contributed by atoms with Gasteiger partial charge in [0, 0.05) is 21.1 Å². The van der Waals surface area contributed by atoms with Crippen molar-refractivity contribution in [3.63, 3.8) is 0 Å². The molecule has 3 rings (SSSR count). The minimum absolute atomic E-state index is 0.303. The first-order valence-electron chi connectivity index (χ1n) is 7.41. The first-order valence-corrected chi connectivity index (χ1v) is 8.17. The summed E-state index contributed by atoms with van der Waals surface area (Å²) in [4.78, 5) is 20.0. The predicted octanol–water partition coefficient (Wildman–Crippen LogP) is 4.57. The lowest BCUT2D eigenvalue weighted by molar-refractivity contribution is -0.137. The zero-order chi connectivity index (χ0) is 18.0. The van der Waals surface area contributed by atoms with E-state index >= 15 is 0 Å². The molecule has 0 radical (unpaired) electrons. The number of anilines is 3. The smallest absolute Gasteiger partial charge is 0.325 e. The SMILES string of the molecule is CC(Nc1nc(Nc2cc(Cl)cc(Cl)c2)nc2ccccc12)C(=O)O. The first kappa shape index (κ1) is 17.3. The van der Waals surface area contributed by atoms with Crippen LogP contribution in [-0.2, 0) is 4.79 Å². The molecule has 0 aliphatic heterocycles. The first-order chi connectivity index (χ1) is 11.9. The number of hydrogen-bond acceptors (Lipinski definition) is 5. The van der Waals surface area contributed by atoms with Gasteiger partial charge in [0.25, 0.3) is 0 Å². The number of fused-ring (bicyclic) bond motifs is 1. The van der Waals surface area contributed by atoms with Crippen molar-refractivity contribution in [1.82, 2.24) is 9.97 Å². The van der Waals surface area contributed by atoms with Gasteiger partial charge in [-0.15, -0.1) is 0 Å². The standard InChI is InChI=1S/C17H14Cl2N4O2/c1-9(16(24)25)20-15-13-4-2-3-5-14(13)22-17(23-15)21-12-7-10(18)6-11(19)8-12/h2-9H,1H3,(H,24,25)(H2,20,21,22,23). The predicted molar refractivity (Wildman–Crippen MR) is 100 cm³/mol. The molecule has 25 heavy (non-hydrogen) atoms. The quantitative estimate of drug-likeness (QED) is 0.604. The Labute approximate surface area is 153 Å². The molecule has 0 saturated heterocycles. The number of aromatic nitrogens is 2. The monoisotopic (exact) mass is 376 g/mol. The molecule has 0 bridgehead atoms. The highest BCUT2D eigenvalue weighted by Gasteiger charge is 2.15. The van der Waals surface area contributed by atoms with E-state index < -0.39 is 12.0 Å². The summed E-state index contributed by atoms with van der Waals surface area (Å²) >= 11 is 12.0. The minimum atomic E-state index is -0.973. The van der Waals surface area contributed by atoms with Gasteiger partial charge >= 0.3 is 5.97 Å². The van der Waals surface area contributed by atoms with Crippen LogP contribution in [0.5, 0.6) is 0 Å². The molecule has 128 valence electrons. The third-order valence-electron chi connectivity index (χ3n) is 3.45. The van der Waals surface area contributed by atoms with Gasteiger partial charge in [-0.2, -0.15) is 4.98 Å². The largest absolute Gasteiger partial charge is 0.480 e. The summed E-state index contributed by atoms with van der Waals surface area (Å²) in [5.74, 6) is -0.243. The highest BCUT2D eigenvalue weighted by atomic mass is 35.5. The average molecular weight is 377 g/mol. The highest BCUT2D eigenvalue weighted by molar-refractivity contribution is 6.35. The van der Waals surface area contributed by atoms with Crippen molar-refractivity contribution in [2.45, 2.75) is 13.0 Å². The van der Waals surface area contributed by atoms with Crippen LogP contribution in [-0.4, -0.2) is 27.1 Å². The van der Waals surface area contributed by atoms with Crippen LogP contribution in [0.4, 0.5) is 17.5 Å². The Balaban J connectivity index is 2.02. The second-order valence-corrected chi connectivity index (χ2v) is 6.27. The summed E-state index contributed by atoms with van der Waals surface area (Å²) in [5, 5.41) is 16.8. The number of hydrogen-bond donors (Lipinski definition) is 3. The molecule has 2 aromatic carbocycles. The van der Waals surface area contributed by atoms with E-state index in [1.165, 1.54) is 0 Å². The number of carbonyl (C=O) groups is 1. The molecule has 0 aliphatic rings. The van der Waals surface area contributed by atoms with Crippen molar-refractivity contribution in [3.05, 3.63) is 52.5 Å². The second-order valence-electron chi connectivity index (χ2n) is 5.40. The molecule has 8 heteroatoms. The highest BCUT2D eigenvalue weighted by Crippen LogP contribution is 2.27. The van der Waals surface area contributed by atoms with Gasteiger partial charge in [-0.3, -0.25) is 4.79 Å². The number of nitrogens with one attached hydrogen (secondary N) is 2. The van der Waals surface area contributed by atoms with Crippen molar-refractivity contribution in [3.8, 4) is 0 Å². The zero-order valence-electron chi connectivity index (χ0n) is 13.1. The molecule has 3 aromatic rings. The Hall–Kier alpha value is -2.57. The van der Waals surface area contributed by atoms with E-state index in [2.05, 4.69) is 20.6 Å². The fraction of sp³-hybridized carbons (Fsp3) is 0.118. The Bertz CT molecular complexity index is 929. The van der Waals surface area contributed by atoms with Gasteiger partial charge in [0.05, 0.1) is 5.52 Å². The maximum atomic E-state index is 11.1. The molecule has 0 spiro atoms. The Morgan fingerprint density at radius 1 is 1.12 bits per heavy atom. The van der Waals surface area contributed by atoms with E-state index in [4.69, 9.17) is 28.3 Å². The van der Waals surface area contributed by atoms with Crippen LogP contribution >= 0.6 is 23.2 Å². The van der Waals surface area contributed by atoms with Crippen LogP contribution < -0.4 is 10.6 Å². The lowest BCUT2D eigenvalue weighted by Gasteiger charge is -2.14. The van der Waals surface area contributed by atoms with Crippen LogP contribution in [0.3, 0.4) is 0 Å². The van der Waals surface area contributed by atoms with E-state index in [1.807, 2.05) is 24.3 Å². The Morgan fingerprint density at radius 2 is 1.80 bits per heavy atom. The number of halogens is 2. The molecular weight excluding hydrogens is 363 g/mol. The van der Waals surface area contributed by atoms with Gasteiger partial charge in [-0.05, 0) is 37.3 Å². The molecule has 0 fully saturated rings. The van der Waals surface area contributed by atoms with Gasteiger partial charge in [0.2, 0.25) is 5.95 Å². The number of nitrogens with zero attached hydrogens (tertiary/aromatic N) is 2. The fourth-order valence-electron chi connectivity index (χ4n) is 2.26. The van der Waals surface area contributed by atoms with Crippen molar-refractivity contribution in [1.29, 1.82) is 0 Å². The van der Waals surface area contributed by atoms with E-state index in [9.17, 15) is 4.79 Å². The Kier molecular flexibility index (Phi) is 4.92. The van der Waals surface area contributed by atoms with Gasteiger partial charge in [0.1, 0.15) is 11.9 Å². The molecule has 0 saturated carbocycles. The molecular formula is C17H14Cl2N4O2. The maximum Gasteiger partial charge on any atom is 0.325 e. The molecule has 1 atom stereocenters. The summed E-state index contributed by atoms with van der Waals surface area (Å²) in [6.07, 6.45) is 0. The minimum Gasteiger partial charge on any atom is -0.480 e. The fourth-order valence-corrected chi connectivity index (χ4v) is 2.79. The van der Waals surface area contributed by atoms with Crippen molar-refractivity contribution < 1.29 is 9.90 Å². The maximum absolute atomic E-state index is 11.1. The van der Waals surface area contributed by atoms with Gasteiger partial charge in [0.15, 0.2) is 0 Å². The van der Waals surface area contributed by atoms with Crippen molar-refractivity contribution in [2.24, 2.45) is 0 Å². The number of para-hydroxylation sites is 1. The third-order valence-corrected chi connectivity index (χ3v) is 3.88. The number of carboxylic acids is 1. The molecule has 0 amide bonds. The van der Waals surface area contributed by atoms with Crippen LogP contribution in [0.25, 0.3) is 10.9 Å². The molecule has 0 aliphatic carbocycles. The summed E-state index contributed by atoms with van der Waals surface area (Å²) < 4.78 is 0. The summed E-state index contributed by atoms with van der Waals surface area (Å²) in [5.41, 5.74) is 1.30. The molecule has 6 nitrogen and oxygen atoms in total. The summed E-state index contributed by atoms with van der Waals surface area (Å²) in [6, 6.07) is 11.5. The average Bonchev–Trinajstić information content (AvgIpc) is 2.53.